The molecule has 0 aliphatic heterocycles. The van der Waals surface area contributed by atoms with Crippen LogP contribution in [0.5, 0.6) is 0 Å². The first-order valence-electron chi connectivity index (χ1n) is 11.0. The van der Waals surface area contributed by atoms with E-state index >= 15 is 0 Å². The first-order valence-corrected chi connectivity index (χ1v) is 13.6. The molecule has 9 heteroatoms. The fraction of sp³-hybridized carbons (Fsp3) is 0.231. The number of anilines is 1. The summed E-state index contributed by atoms with van der Waals surface area (Å²) < 4.78 is 29.2. The Morgan fingerprint density at radius 2 is 1.54 bits per heavy atom. The van der Waals surface area contributed by atoms with Crippen LogP contribution in [0.4, 0.5) is 5.69 Å². The number of hydrogen-bond donors (Lipinski definition) is 1. The molecule has 0 radical (unpaired) electrons. The van der Waals surface area contributed by atoms with Crippen LogP contribution in [0.25, 0.3) is 0 Å². The second-order valence-corrected chi connectivity index (χ2v) is 11.2. The van der Waals surface area contributed by atoms with E-state index in [0.717, 1.165) is 19.0 Å². The minimum Gasteiger partial charge on any atom is -0.357 e. The third-order valence-electron chi connectivity index (χ3n) is 5.61. The molecule has 0 saturated heterocycles. The quantitative estimate of drug-likeness (QED) is 0.375. The van der Waals surface area contributed by atoms with E-state index in [1.165, 1.54) is 24.1 Å². The molecule has 3 rings (SSSR count). The molecule has 3 aromatic rings. The van der Waals surface area contributed by atoms with Gasteiger partial charge in [-0.1, -0.05) is 48.0 Å². The summed E-state index contributed by atoms with van der Waals surface area (Å²) in [6.07, 6.45) is 0. The number of rotatable bonds is 9. The van der Waals surface area contributed by atoms with Crippen molar-refractivity contribution < 1.29 is 18.0 Å². The van der Waals surface area contributed by atoms with Gasteiger partial charge < -0.3 is 10.2 Å². The smallest absolute Gasteiger partial charge is 0.264 e. The maximum Gasteiger partial charge on any atom is 0.264 e. The van der Waals surface area contributed by atoms with Crippen LogP contribution in [0.15, 0.2) is 83.8 Å². The van der Waals surface area contributed by atoms with Crippen LogP contribution in [0.1, 0.15) is 18.1 Å². The van der Waals surface area contributed by atoms with E-state index in [2.05, 4.69) is 27.9 Å². The number of nitrogens with zero attached hydrogens (tertiary/aromatic N) is 2. The van der Waals surface area contributed by atoms with Crippen LogP contribution in [-0.4, -0.2) is 44.8 Å². The Labute approximate surface area is 220 Å². The summed E-state index contributed by atoms with van der Waals surface area (Å²) in [6, 6.07) is 21.7. The van der Waals surface area contributed by atoms with Gasteiger partial charge in [0.1, 0.15) is 12.6 Å². The third-order valence-corrected chi connectivity index (χ3v) is 8.12. The highest BCUT2D eigenvalue weighted by molar-refractivity contribution is 14.1. The molecule has 0 aromatic heterocycles. The van der Waals surface area contributed by atoms with Crippen molar-refractivity contribution in [3.05, 3.63) is 93.6 Å². The lowest BCUT2D eigenvalue weighted by atomic mass is 10.1. The zero-order valence-electron chi connectivity index (χ0n) is 19.8. The topological polar surface area (TPSA) is 86.8 Å². The fourth-order valence-electron chi connectivity index (χ4n) is 3.54. The number of aryl methyl sites for hydroxylation is 1. The summed E-state index contributed by atoms with van der Waals surface area (Å²) >= 11 is 2.14. The molecule has 0 heterocycles. The molecule has 0 aliphatic rings. The number of carbonyl (C=O) groups excluding carboxylic acids is 2. The molecular weight excluding hydrogens is 577 g/mol. The van der Waals surface area contributed by atoms with E-state index in [4.69, 9.17) is 0 Å². The number of amides is 2. The summed E-state index contributed by atoms with van der Waals surface area (Å²) in [6.45, 7) is 3.31. The van der Waals surface area contributed by atoms with Gasteiger partial charge in [-0.3, -0.25) is 13.9 Å². The van der Waals surface area contributed by atoms with E-state index in [1.54, 1.807) is 49.4 Å². The average molecular weight is 605 g/mol. The van der Waals surface area contributed by atoms with Crippen LogP contribution in [-0.2, 0) is 26.2 Å². The van der Waals surface area contributed by atoms with Gasteiger partial charge in [0.2, 0.25) is 11.8 Å². The van der Waals surface area contributed by atoms with Crippen molar-refractivity contribution in [2.45, 2.75) is 31.3 Å². The minimum atomic E-state index is -4.04. The predicted molar refractivity (Wildman–Crippen MR) is 145 cm³/mol. The summed E-state index contributed by atoms with van der Waals surface area (Å²) in [5.41, 5.74) is 2.28. The Hall–Kier alpha value is -2.92. The highest BCUT2D eigenvalue weighted by Gasteiger charge is 2.32. The minimum absolute atomic E-state index is 0.0794. The maximum atomic E-state index is 13.6. The van der Waals surface area contributed by atoms with Gasteiger partial charge >= 0.3 is 0 Å². The van der Waals surface area contributed by atoms with Gasteiger partial charge in [-0.05, 0) is 78.4 Å². The number of hydrogen-bond acceptors (Lipinski definition) is 4. The van der Waals surface area contributed by atoms with E-state index in [0.29, 0.717) is 5.69 Å². The van der Waals surface area contributed by atoms with Gasteiger partial charge in [-0.2, -0.15) is 0 Å². The molecule has 1 atom stereocenters. The SMILES string of the molecule is CNC(=O)[C@@H](C)N(Cc1ccc(C)cc1)C(=O)CN(c1ccc(I)cc1)S(=O)(=O)c1ccccc1. The van der Waals surface area contributed by atoms with Gasteiger partial charge in [-0.15, -0.1) is 0 Å². The first kappa shape index (κ1) is 26.7. The van der Waals surface area contributed by atoms with Crippen molar-refractivity contribution in [2.24, 2.45) is 0 Å². The van der Waals surface area contributed by atoms with Gasteiger partial charge in [0, 0.05) is 17.2 Å². The normalized spacial score (nSPS) is 12.0. The first-order chi connectivity index (χ1) is 16.6. The zero-order valence-corrected chi connectivity index (χ0v) is 22.8. The lowest BCUT2D eigenvalue weighted by Gasteiger charge is -2.31. The number of benzene rings is 3. The highest BCUT2D eigenvalue weighted by atomic mass is 127. The van der Waals surface area contributed by atoms with Gasteiger partial charge in [-0.25, -0.2) is 8.42 Å². The standard InChI is InChI=1S/C26H28IN3O4S/c1-19-9-11-21(12-10-19)17-29(20(2)26(32)28-3)25(31)18-30(23-15-13-22(27)14-16-23)35(33,34)24-7-5-4-6-8-24/h4-16,20H,17-18H2,1-3H3,(H,28,32)/t20-/m1/s1. The summed E-state index contributed by atoms with van der Waals surface area (Å²) in [7, 11) is -2.54. The average Bonchev–Trinajstić information content (AvgIpc) is 2.87. The van der Waals surface area contributed by atoms with Crippen LogP contribution >= 0.6 is 22.6 Å². The predicted octanol–water partition coefficient (Wildman–Crippen LogP) is 3.96. The van der Waals surface area contributed by atoms with Crippen LogP contribution in [0.3, 0.4) is 0 Å². The van der Waals surface area contributed by atoms with Crippen LogP contribution < -0.4 is 9.62 Å². The van der Waals surface area contributed by atoms with Crippen molar-refractivity contribution in [1.29, 1.82) is 0 Å². The van der Waals surface area contributed by atoms with E-state index in [1.807, 2.05) is 31.2 Å². The number of halogens is 1. The largest absolute Gasteiger partial charge is 0.357 e. The molecule has 0 bridgehead atoms. The summed E-state index contributed by atoms with van der Waals surface area (Å²) in [4.78, 5) is 27.6. The maximum absolute atomic E-state index is 13.6. The van der Waals surface area contributed by atoms with Gasteiger partial charge in [0.25, 0.3) is 10.0 Å². The summed E-state index contributed by atoms with van der Waals surface area (Å²) in [5, 5.41) is 2.58. The van der Waals surface area contributed by atoms with Crippen LogP contribution in [0, 0.1) is 10.5 Å². The monoisotopic (exact) mass is 605 g/mol. The Kier molecular flexibility index (Phi) is 8.90. The number of sulfonamides is 1. The third kappa shape index (κ3) is 6.61. The molecule has 3 aromatic carbocycles. The lowest BCUT2D eigenvalue weighted by Crippen LogP contribution is -2.50. The van der Waals surface area contributed by atoms with E-state index < -0.39 is 28.5 Å². The zero-order chi connectivity index (χ0) is 25.6. The number of nitrogens with one attached hydrogen (secondary N) is 1. The Morgan fingerprint density at radius 3 is 2.11 bits per heavy atom. The second kappa shape index (κ2) is 11.7. The molecular formula is C26H28IN3O4S. The molecule has 184 valence electrons. The van der Waals surface area contributed by atoms with Crippen molar-refractivity contribution in [1.82, 2.24) is 10.2 Å². The van der Waals surface area contributed by atoms with Gasteiger partial charge in [0.15, 0.2) is 0 Å². The fourth-order valence-corrected chi connectivity index (χ4v) is 5.33. The molecule has 0 unspecified atom stereocenters. The molecule has 2 amide bonds. The molecule has 35 heavy (non-hydrogen) atoms. The molecule has 0 aliphatic carbocycles. The Bertz CT molecular complexity index is 1260. The Morgan fingerprint density at radius 1 is 0.943 bits per heavy atom. The molecule has 0 fully saturated rings. The van der Waals surface area contributed by atoms with Crippen molar-refractivity contribution in [2.75, 3.05) is 17.9 Å². The van der Waals surface area contributed by atoms with Crippen molar-refractivity contribution >= 4 is 50.1 Å². The van der Waals surface area contributed by atoms with Gasteiger partial charge in [0.05, 0.1) is 10.6 Å². The molecule has 0 spiro atoms. The van der Waals surface area contributed by atoms with Crippen molar-refractivity contribution in [3.8, 4) is 0 Å². The van der Waals surface area contributed by atoms with E-state index in [9.17, 15) is 18.0 Å². The van der Waals surface area contributed by atoms with Crippen molar-refractivity contribution in [3.63, 3.8) is 0 Å². The summed E-state index contributed by atoms with van der Waals surface area (Å²) in [5.74, 6) is -0.822. The number of carbonyl (C=O) groups is 2. The van der Waals surface area contributed by atoms with Crippen LogP contribution in [0.2, 0.25) is 0 Å². The second-order valence-electron chi connectivity index (χ2n) is 8.10. The molecule has 1 N–H and O–H groups in total. The lowest BCUT2D eigenvalue weighted by molar-refractivity contribution is -0.139. The molecule has 0 saturated carbocycles. The van der Waals surface area contributed by atoms with E-state index in [-0.39, 0.29) is 17.3 Å². The molecule has 7 nitrogen and oxygen atoms in total. The Balaban J connectivity index is 2.00. The highest BCUT2D eigenvalue weighted by Crippen LogP contribution is 2.25. The number of likely N-dealkylation sites (N-methyl/N-ethyl adjacent to an activating group) is 1.